The third-order valence-corrected chi connectivity index (χ3v) is 2.28. The minimum atomic E-state index is 0.571. The fraction of sp³-hybridized carbons (Fsp3) is 0.300. The number of aliphatic imine (C=N–C) groups is 1. The second-order valence-electron chi connectivity index (χ2n) is 2.71. The molecule has 0 spiro atoms. The quantitative estimate of drug-likeness (QED) is 0.681. The first-order valence-corrected chi connectivity index (χ1v) is 4.94. The lowest BCUT2D eigenvalue weighted by Gasteiger charge is -1.96. The molecule has 13 heavy (non-hydrogen) atoms. The van der Waals surface area contributed by atoms with Crippen LogP contribution in [-0.4, -0.2) is 12.8 Å². The highest BCUT2D eigenvalue weighted by molar-refractivity contribution is 6.42. The molecule has 0 aliphatic carbocycles. The van der Waals surface area contributed by atoms with Crippen LogP contribution in [0.1, 0.15) is 18.9 Å². The second-order valence-corrected chi connectivity index (χ2v) is 3.52. The van der Waals surface area contributed by atoms with Crippen molar-refractivity contribution in [1.82, 2.24) is 0 Å². The molecule has 1 rings (SSSR count). The van der Waals surface area contributed by atoms with Gasteiger partial charge in [0.1, 0.15) is 0 Å². The van der Waals surface area contributed by atoms with Crippen LogP contribution in [0.5, 0.6) is 0 Å². The minimum absolute atomic E-state index is 0.571. The Hall–Kier alpha value is -0.530. The number of nitrogens with zero attached hydrogens (tertiary/aromatic N) is 1. The Morgan fingerprint density at radius 2 is 2.08 bits per heavy atom. The first-order chi connectivity index (χ1) is 6.24. The second kappa shape index (κ2) is 5.25. The van der Waals surface area contributed by atoms with Crippen LogP contribution in [0.25, 0.3) is 0 Å². The van der Waals surface area contributed by atoms with E-state index in [4.69, 9.17) is 23.2 Å². The number of hydrogen-bond donors (Lipinski definition) is 0. The summed E-state index contributed by atoms with van der Waals surface area (Å²) in [6.45, 7) is 2.94. The summed E-state index contributed by atoms with van der Waals surface area (Å²) < 4.78 is 0. The van der Waals surface area contributed by atoms with Gasteiger partial charge >= 0.3 is 0 Å². The predicted molar refractivity (Wildman–Crippen MR) is 59.2 cm³/mol. The van der Waals surface area contributed by atoms with E-state index in [2.05, 4.69) is 11.9 Å². The van der Waals surface area contributed by atoms with E-state index >= 15 is 0 Å². The van der Waals surface area contributed by atoms with Crippen LogP contribution in [-0.2, 0) is 0 Å². The molecule has 3 heteroatoms. The Labute approximate surface area is 88.4 Å². The fourth-order valence-corrected chi connectivity index (χ4v) is 1.20. The van der Waals surface area contributed by atoms with E-state index in [1.165, 1.54) is 0 Å². The molecule has 0 unspecified atom stereocenters. The van der Waals surface area contributed by atoms with Gasteiger partial charge in [0.2, 0.25) is 0 Å². The molecule has 0 atom stereocenters. The van der Waals surface area contributed by atoms with Gasteiger partial charge in [-0.1, -0.05) is 36.2 Å². The average Bonchev–Trinajstić information content (AvgIpc) is 2.12. The first kappa shape index (κ1) is 10.6. The maximum Gasteiger partial charge on any atom is 0.0598 e. The molecule has 0 N–H and O–H groups in total. The predicted octanol–water partition coefficient (Wildman–Crippen LogP) is 3.82. The van der Waals surface area contributed by atoms with Crippen LogP contribution in [0.2, 0.25) is 10.0 Å². The summed E-state index contributed by atoms with van der Waals surface area (Å²) in [7, 11) is 0. The van der Waals surface area contributed by atoms with Crippen molar-refractivity contribution in [3.8, 4) is 0 Å². The van der Waals surface area contributed by atoms with E-state index in [9.17, 15) is 0 Å². The number of halogens is 2. The van der Waals surface area contributed by atoms with Gasteiger partial charge in [-0.05, 0) is 24.1 Å². The highest BCUT2D eigenvalue weighted by Crippen LogP contribution is 2.21. The van der Waals surface area contributed by atoms with Gasteiger partial charge in [0.25, 0.3) is 0 Å². The first-order valence-electron chi connectivity index (χ1n) is 4.19. The molecular weight excluding hydrogens is 205 g/mol. The lowest BCUT2D eigenvalue weighted by Crippen LogP contribution is -1.83. The van der Waals surface area contributed by atoms with E-state index in [-0.39, 0.29) is 0 Å². The minimum Gasteiger partial charge on any atom is -0.293 e. The Kier molecular flexibility index (Phi) is 4.26. The molecule has 0 heterocycles. The molecule has 0 fully saturated rings. The fourth-order valence-electron chi connectivity index (χ4n) is 0.892. The molecule has 1 aromatic carbocycles. The van der Waals surface area contributed by atoms with E-state index in [1.807, 2.05) is 18.3 Å². The Morgan fingerprint density at radius 1 is 1.31 bits per heavy atom. The van der Waals surface area contributed by atoms with Gasteiger partial charge in [-0.2, -0.15) is 0 Å². The average molecular weight is 216 g/mol. The molecule has 0 amide bonds. The van der Waals surface area contributed by atoms with Crippen LogP contribution in [0, 0.1) is 0 Å². The number of hydrogen-bond acceptors (Lipinski definition) is 1. The maximum absolute atomic E-state index is 5.83. The van der Waals surface area contributed by atoms with Gasteiger partial charge in [-0.25, -0.2) is 0 Å². The molecule has 1 nitrogen and oxygen atoms in total. The van der Waals surface area contributed by atoms with Gasteiger partial charge in [0.15, 0.2) is 0 Å². The molecule has 0 aliphatic heterocycles. The highest BCUT2D eigenvalue weighted by Gasteiger charge is 1.96. The summed E-state index contributed by atoms with van der Waals surface area (Å²) in [6, 6.07) is 5.48. The van der Waals surface area contributed by atoms with Crippen molar-refractivity contribution in [2.45, 2.75) is 13.3 Å². The van der Waals surface area contributed by atoms with Crippen LogP contribution < -0.4 is 0 Å². The molecule has 0 radical (unpaired) electrons. The van der Waals surface area contributed by atoms with Gasteiger partial charge < -0.3 is 0 Å². The van der Waals surface area contributed by atoms with E-state index in [0.29, 0.717) is 10.0 Å². The Bertz CT molecular complexity index is 308. The van der Waals surface area contributed by atoms with Crippen molar-refractivity contribution in [2.24, 2.45) is 4.99 Å². The van der Waals surface area contributed by atoms with Crippen molar-refractivity contribution < 1.29 is 0 Å². The normalized spacial score (nSPS) is 11.0. The zero-order valence-corrected chi connectivity index (χ0v) is 8.94. The lowest BCUT2D eigenvalue weighted by atomic mass is 10.2. The summed E-state index contributed by atoms with van der Waals surface area (Å²) in [5, 5.41) is 1.15. The van der Waals surface area contributed by atoms with Crippen molar-refractivity contribution >= 4 is 29.4 Å². The summed E-state index contributed by atoms with van der Waals surface area (Å²) in [5.74, 6) is 0. The van der Waals surface area contributed by atoms with Crippen molar-refractivity contribution in [3.63, 3.8) is 0 Å². The summed E-state index contributed by atoms with van der Waals surface area (Å²) >= 11 is 11.6. The Balaban J connectivity index is 2.73. The van der Waals surface area contributed by atoms with Gasteiger partial charge in [-0.15, -0.1) is 0 Å². The van der Waals surface area contributed by atoms with Crippen LogP contribution in [0.3, 0.4) is 0 Å². The lowest BCUT2D eigenvalue weighted by molar-refractivity contribution is 0.937. The monoisotopic (exact) mass is 215 g/mol. The zero-order chi connectivity index (χ0) is 9.68. The van der Waals surface area contributed by atoms with Crippen molar-refractivity contribution in [3.05, 3.63) is 33.8 Å². The van der Waals surface area contributed by atoms with Crippen molar-refractivity contribution in [1.29, 1.82) is 0 Å². The molecule has 70 valence electrons. The molecule has 0 aromatic heterocycles. The topological polar surface area (TPSA) is 12.4 Å². The van der Waals surface area contributed by atoms with E-state index < -0.39 is 0 Å². The van der Waals surface area contributed by atoms with Crippen LogP contribution in [0.4, 0.5) is 0 Å². The molecule has 1 aromatic rings. The molecular formula is C10H11Cl2N. The van der Waals surface area contributed by atoms with Gasteiger partial charge in [0.05, 0.1) is 10.0 Å². The number of rotatable bonds is 3. The SMILES string of the molecule is CCCN=Cc1ccc(Cl)c(Cl)c1. The van der Waals surface area contributed by atoms with Crippen molar-refractivity contribution in [2.75, 3.05) is 6.54 Å². The smallest absolute Gasteiger partial charge is 0.0598 e. The molecule has 0 bridgehead atoms. The zero-order valence-electron chi connectivity index (χ0n) is 7.43. The molecule has 0 aliphatic rings. The van der Waals surface area contributed by atoms with Crippen LogP contribution in [0.15, 0.2) is 23.2 Å². The summed E-state index contributed by atoms with van der Waals surface area (Å²) in [5.41, 5.74) is 0.989. The summed E-state index contributed by atoms with van der Waals surface area (Å²) in [4.78, 5) is 4.20. The largest absolute Gasteiger partial charge is 0.293 e. The number of benzene rings is 1. The highest BCUT2D eigenvalue weighted by atomic mass is 35.5. The van der Waals surface area contributed by atoms with E-state index in [1.54, 1.807) is 6.07 Å². The maximum atomic E-state index is 5.83. The molecule has 0 saturated carbocycles. The van der Waals surface area contributed by atoms with E-state index in [0.717, 1.165) is 18.5 Å². The summed E-state index contributed by atoms with van der Waals surface area (Å²) in [6.07, 6.45) is 2.86. The third kappa shape index (κ3) is 3.37. The standard InChI is InChI=1S/C10H11Cl2N/c1-2-5-13-7-8-3-4-9(11)10(12)6-8/h3-4,6-7H,2,5H2,1H3. The van der Waals surface area contributed by atoms with Gasteiger partial charge in [-0.3, -0.25) is 4.99 Å². The Morgan fingerprint density at radius 3 is 2.69 bits per heavy atom. The molecule has 0 saturated heterocycles. The van der Waals surface area contributed by atoms with Gasteiger partial charge in [0, 0.05) is 12.8 Å². The van der Waals surface area contributed by atoms with Crippen LogP contribution >= 0.6 is 23.2 Å². The third-order valence-electron chi connectivity index (χ3n) is 1.54.